The van der Waals surface area contributed by atoms with Crippen LogP contribution < -0.4 is 0 Å². The van der Waals surface area contributed by atoms with Crippen LogP contribution in [0.5, 0.6) is 0 Å². The number of hydrogen-bond donors (Lipinski definition) is 0. The molecule has 2 heterocycles. The van der Waals surface area contributed by atoms with Gasteiger partial charge in [-0.3, -0.25) is 4.79 Å². The van der Waals surface area contributed by atoms with Crippen molar-refractivity contribution < 1.29 is 27.5 Å². The predicted octanol–water partition coefficient (Wildman–Crippen LogP) is 3.74. The molecule has 202 valence electrons. The van der Waals surface area contributed by atoms with Gasteiger partial charge in [-0.05, 0) is 73.3 Å². The number of amides is 1. The van der Waals surface area contributed by atoms with Gasteiger partial charge < -0.3 is 19.3 Å². The van der Waals surface area contributed by atoms with Gasteiger partial charge in [0.2, 0.25) is 10.0 Å². The highest BCUT2D eigenvalue weighted by Gasteiger charge is 2.55. The minimum atomic E-state index is -3.91. The molecule has 36 heavy (non-hydrogen) atoms. The van der Waals surface area contributed by atoms with Crippen LogP contribution >= 0.6 is 0 Å². The zero-order chi connectivity index (χ0) is 26.7. The molecular weight excluding hydrogens is 482 g/mol. The molecule has 0 aliphatic carbocycles. The number of hydrogen-bond acceptors (Lipinski definition) is 7. The third-order valence-corrected chi connectivity index (χ3v) is 8.70. The van der Waals surface area contributed by atoms with Gasteiger partial charge in [0.25, 0.3) is 0 Å². The van der Waals surface area contributed by atoms with Crippen molar-refractivity contribution in [2.45, 2.75) is 82.1 Å². The summed E-state index contributed by atoms with van der Waals surface area (Å²) >= 11 is 0. The highest BCUT2D eigenvalue weighted by Crippen LogP contribution is 2.42. The van der Waals surface area contributed by atoms with Gasteiger partial charge in [-0.15, -0.1) is 0 Å². The average molecular weight is 524 g/mol. The van der Waals surface area contributed by atoms with Gasteiger partial charge in [-0.25, -0.2) is 13.2 Å². The molecule has 0 radical (unpaired) electrons. The van der Waals surface area contributed by atoms with Gasteiger partial charge in [-0.2, -0.15) is 4.31 Å². The van der Waals surface area contributed by atoms with Crippen LogP contribution in [0.2, 0.25) is 0 Å². The van der Waals surface area contributed by atoms with Crippen LogP contribution in [0.25, 0.3) is 0 Å². The largest absolute Gasteiger partial charge is 0.444 e. The van der Waals surface area contributed by atoms with E-state index >= 15 is 0 Å². The molecule has 1 aromatic rings. The molecule has 1 aromatic carbocycles. The second-order valence-corrected chi connectivity index (χ2v) is 12.9. The summed E-state index contributed by atoms with van der Waals surface area (Å²) in [6.07, 6.45) is 2.86. The van der Waals surface area contributed by atoms with Crippen molar-refractivity contribution in [1.29, 1.82) is 0 Å². The number of unbranched alkanes of at least 4 members (excludes halogenated alkanes) is 1. The van der Waals surface area contributed by atoms with E-state index in [9.17, 15) is 18.0 Å². The van der Waals surface area contributed by atoms with Crippen LogP contribution in [0.15, 0.2) is 29.2 Å². The van der Waals surface area contributed by atoms with Crippen LogP contribution in [-0.2, 0) is 19.5 Å². The van der Waals surface area contributed by atoms with Crippen molar-refractivity contribution in [2.24, 2.45) is 0 Å². The molecule has 10 heteroatoms. The van der Waals surface area contributed by atoms with Gasteiger partial charge >= 0.3 is 6.09 Å². The molecule has 0 bridgehead atoms. The molecule has 1 atom stereocenters. The number of likely N-dealkylation sites (tertiary alicyclic amines) is 1. The molecular formula is C26H41N3O6S. The fraction of sp³-hybridized carbons (Fsp3) is 0.692. The fourth-order valence-electron chi connectivity index (χ4n) is 4.84. The highest BCUT2D eigenvalue weighted by molar-refractivity contribution is 7.89. The quantitative estimate of drug-likeness (QED) is 0.378. The smallest absolute Gasteiger partial charge is 0.410 e. The van der Waals surface area contributed by atoms with Gasteiger partial charge in [0, 0.05) is 31.5 Å². The second-order valence-electron chi connectivity index (χ2n) is 11.1. The molecule has 0 aromatic heterocycles. The van der Waals surface area contributed by atoms with E-state index in [2.05, 4.69) is 4.90 Å². The summed E-state index contributed by atoms with van der Waals surface area (Å²) in [6.45, 7) is 8.86. The van der Waals surface area contributed by atoms with Crippen LogP contribution in [0.3, 0.4) is 0 Å². The summed E-state index contributed by atoms with van der Waals surface area (Å²) in [7, 11) is 0.136. The molecule has 2 aliphatic rings. The third kappa shape index (κ3) is 6.65. The maximum Gasteiger partial charge on any atom is 0.410 e. The molecule has 1 spiro atoms. The number of nitrogens with zero attached hydrogens (tertiary/aromatic N) is 3. The summed E-state index contributed by atoms with van der Waals surface area (Å²) in [4.78, 5) is 28.2. The lowest BCUT2D eigenvalue weighted by molar-refractivity contribution is -0.0917. The SMILES string of the molecule is CC(=O)c1ccc(S(=O)(=O)N2C(CCCCN(C)C)COC23CCN(C(=O)OC(C)(C)C)CC3)cc1. The van der Waals surface area contributed by atoms with E-state index in [1.165, 1.54) is 19.1 Å². The maximum atomic E-state index is 14.0. The number of ketones is 1. The van der Waals surface area contributed by atoms with Gasteiger partial charge in [0.15, 0.2) is 5.78 Å². The molecule has 2 fully saturated rings. The standard InChI is InChI=1S/C26H41N3O6S/c1-20(30)21-10-12-23(13-11-21)36(32,33)29-22(9-7-8-16-27(5)6)19-34-26(29)14-17-28(18-15-26)24(31)35-25(2,3)4/h10-13,22H,7-9,14-19H2,1-6H3. The summed E-state index contributed by atoms with van der Waals surface area (Å²) in [5.41, 5.74) is -1.15. The van der Waals surface area contributed by atoms with E-state index in [0.717, 1.165) is 19.4 Å². The minimum Gasteiger partial charge on any atom is -0.444 e. The Bertz CT molecular complexity index is 1020. The van der Waals surface area contributed by atoms with Gasteiger partial charge in [-0.1, -0.05) is 18.6 Å². The molecule has 2 saturated heterocycles. The molecule has 1 unspecified atom stereocenters. The number of carbonyl (C=O) groups excluding carboxylic acids is 2. The lowest BCUT2D eigenvalue weighted by atomic mass is 10.00. The fourth-order valence-corrected chi connectivity index (χ4v) is 6.78. The first-order chi connectivity index (χ1) is 16.7. The first-order valence-electron chi connectivity index (χ1n) is 12.7. The lowest BCUT2D eigenvalue weighted by Gasteiger charge is -2.44. The predicted molar refractivity (Wildman–Crippen MR) is 137 cm³/mol. The summed E-state index contributed by atoms with van der Waals surface area (Å²) in [5, 5.41) is 0. The third-order valence-electron chi connectivity index (χ3n) is 6.68. The Morgan fingerprint density at radius 1 is 1.11 bits per heavy atom. The molecule has 1 amide bonds. The van der Waals surface area contributed by atoms with Crippen molar-refractivity contribution in [1.82, 2.24) is 14.1 Å². The number of rotatable bonds is 8. The van der Waals surface area contributed by atoms with Crippen molar-refractivity contribution in [3.05, 3.63) is 29.8 Å². The Kier molecular flexibility index (Phi) is 8.86. The highest BCUT2D eigenvalue weighted by atomic mass is 32.2. The summed E-state index contributed by atoms with van der Waals surface area (Å²) in [6, 6.07) is 5.80. The average Bonchev–Trinajstić information content (AvgIpc) is 3.14. The van der Waals surface area contributed by atoms with E-state index in [1.54, 1.807) is 21.3 Å². The number of benzene rings is 1. The Morgan fingerprint density at radius 2 is 1.72 bits per heavy atom. The van der Waals surface area contributed by atoms with Crippen molar-refractivity contribution in [3.8, 4) is 0 Å². The zero-order valence-corrected chi connectivity index (χ0v) is 23.3. The van der Waals surface area contributed by atoms with E-state index in [-0.39, 0.29) is 16.7 Å². The Labute approximate surface area is 215 Å². The topological polar surface area (TPSA) is 96.5 Å². The molecule has 0 saturated carbocycles. The number of Topliss-reactive ketones (excluding diaryl/α,β-unsaturated/α-hetero) is 1. The Hall–Kier alpha value is -2.01. The van der Waals surface area contributed by atoms with Gasteiger partial charge in [0.05, 0.1) is 17.5 Å². The van der Waals surface area contributed by atoms with Crippen molar-refractivity contribution >= 4 is 21.9 Å². The Morgan fingerprint density at radius 3 is 2.25 bits per heavy atom. The van der Waals surface area contributed by atoms with E-state index in [1.807, 2.05) is 34.9 Å². The zero-order valence-electron chi connectivity index (χ0n) is 22.5. The maximum absolute atomic E-state index is 14.0. The molecule has 9 nitrogen and oxygen atoms in total. The number of piperidine rings is 1. The van der Waals surface area contributed by atoms with Gasteiger partial charge in [0.1, 0.15) is 11.3 Å². The van der Waals surface area contributed by atoms with E-state index in [4.69, 9.17) is 9.47 Å². The minimum absolute atomic E-state index is 0.117. The number of ether oxygens (including phenoxy) is 2. The lowest BCUT2D eigenvalue weighted by Crippen LogP contribution is -2.57. The van der Waals surface area contributed by atoms with Crippen molar-refractivity contribution in [3.63, 3.8) is 0 Å². The number of carbonyl (C=O) groups is 2. The monoisotopic (exact) mass is 523 g/mol. The van der Waals surface area contributed by atoms with Crippen molar-refractivity contribution in [2.75, 3.05) is 40.3 Å². The molecule has 3 rings (SSSR count). The number of sulfonamides is 1. The van der Waals surface area contributed by atoms with Crippen LogP contribution in [0.1, 0.15) is 70.2 Å². The summed E-state index contributed by atoms with van der Waals surface area (Å²) < 4.78 is 41.3. The molecule has 0 N–H and O–H groups in total. The molecule has 2 aliphatic heterocycles. The van der Waals surface area contributed by atoms with Crippen LogP contribution in [0.4, 0.5) is 4.79 Å². The normalized spacial score (nSPS) is 20.8. The van der Waals surface area contributed by atoms with E-state index < -0.39 is 27.4 Å². The Balaban J connectivity index is 1.84. The van der Waals surface area contributed by atoms with Crippen LogP contribution in [-0.4, -0.2) is 92.1 Å². The van der Waals surface area contributed by atoms with Crippen LogP contribution in [0, 0.1) is 0 Å². The summed E-state index contributed by atoms with van der Waals surface area (Å²) in [5.74, 6) is -0.117. The second kappa shape index (κ2) is 11.2. The first-order valence-corrected chi connectivity index (χ1v) is 14.1. The van der Waals surface area contributed by atoms with E-state index in [0.29, 0.717) is 44.5 Å². The first kappa shape index (κ1) is 28.6.